The Bertz CT molecular complexity index is 1080. The first-order valence-corrected chi connectivity index (χ1v) is 11.4. The summed E-state index contributed by atoms with van der Waals surface area (Å²) < 4.78 is 40.9. The molecule has 0 spiro atoms. The Balaban J connectivity index is 1.57. The first-order valence-electron chi connectivity index (χ1n) is 9.96. The molecule has 2 aromatic carbocycles. The van der Waals surface area contributed by atoms with E-state index in [1.54, 1.807) is 25.1 Å². The van der Waals surface area contributed by atoms with Crippen molar-refractivity contribution in [1.82, 2.24) is 9.62 Å². The number of benzene rings is 2. The van der Waals surface area contributed by atoms with Gasteiger partial charge >= 0.3 is 0 Å². The van der Waals surface area contributed by atoms with Gasteiger partial charge in [0.25, 0.3) is 5.69 Å². The van der Waals surface area contributed by atoms with Crippen LogP contribution < -0.4 is 5.32 Å². The highest BCUT2D eigenvalue weighted by Gasteiger charge is 2.33. The van der Waals surface area contributed by atoms with E-state index in [4.69, 9.17) is 0 Å². The Labute approximate surface area is 180 Å². The second-order valence-electron chi connectivity index (χ2n) is 7.52. The summed E-state index contributed by atoms with van der Waals surface area (Å²) in [6.45, 7) is 2.18. The number of sulfonamides is 1. The molecule has 1 N–H and O–H groups in total. The number of piperidine rings is 1. The van der Waals surface area contributed by atoms with E-state index in [9.17, 15) is 27.7 Å². The summed E-state index contributed by atoms with van der Waals surface area (Å²) in [6.07, 6.45) is 1.06. The van der Waals surface area contributed by atoms with Gasteiger partial charge in [0.1, 0.15) is 5.82 Å². The lowest BCUT2D eigenvalue weighted by atomic mass is 9.97. The minimum Gasteiger partial charge on any atom is -0.356 e. The zero-order valence-electron chi connectivity index (χ0n) is 17.1. The number of non-ortho nitro benzene ring substituents is 1. The molecule has 0 bridgehead atoms. The number of hydrogen-bond donors (Lipinski definition) is 1. The molecule has 1 aliphatic heterocycles. The number of rotatable bonds is 7. The molecule has 3 rings (SSSR count). The van der Waals surface area contributed by atoms with Crippen LogP contribution in [0.25, 0.3) is 0 Å². The Morgan fingerprint density at radius 3 is 2.55 bits per heavy atom. The van der Waals surface area contributed by atoms with E-state index >= 15 is 0 Å². The van der Waals surface area contributed by atoms with Gasteiger partial charge in [-0.1, -0.05) is 24.3 Å². The molecule has 31 heavy (non-hydrogen) atoms. The molecule has 0 unspecified atom stereocenters. The summed E-state index contributed by atoms with van der Waals surface area (Å²) in [5, 5.41) is 13.8. The summed E-state index contributed by atoms with van der Waals surface area (Å²) in [4.78, 5) is 22.7. The van der Waals surface area contributed by atoms with Gasteiger partial charge < -0.3 is 5.32 Å². The molecule has 8 nitrogen and oxygen atoms in total. The molecule has 1 amide bonds. The summed E-state index contributed by atoms with van der Waals surface area (Å²) in [6, 6.07) is 10.1. The topological polar surface area (TPSA) is 110 Å². The first kappa shape index (κ1) is 22.8. The third kappa shape index (κ3) is 5.26. The van der Waals surface area contributed by atoms with Crippen LogP contribution in [0.5, 0.6) is 0 Å². The van der Waals surface area contributed by atoms with Crippen molar-refractivity contribution in [2.45, 2.75) is 31.1 Å². The van der Waals surface area contributed by atoms with Crippen LogP contribution in [0.4, 0.5) is 10.1 Å². The summed E-state index contributed by atoms with van der Waals surface area (Å²) in [7, 11) is -3.90. The van der Waals surface area contributed by atoms with Crippen molar-refractivity contribution in [2.75, 3.05) is 19.6 Å². The fourth-order valence-electron chi connectivity index (χ4n) is 3.64. The Morgan fingerprint density at radius 1 is 1.23 bits per heavy atom. The predicted molar refractivity (Wildman–Crippen MR) is 112 cm³/mol. The van der Waals surface area contributed by atoms with Crippen LogP contribution in [-0.2, 0) is 21.2 Å². The van der Waals surface area contributed by atoms with E-state index in [1.807, 2.05) is 0 Å². The number of nitrogens with zero attached hydrogens (tertiary/aromatic N) is 2. The molecule has 166 valence electrons. The van der Waals surface area contributed by atoms with Crippen molar-refractivity contribution >= 4 is 21.6 Å². The average molecular weight is 450 g/mol. The molecule has 0 radical (unpaired) electrons. The van der Waals surface area contributed by atoms with Crippen LogP contribution in [-0.4, -0.2) is 43.2 Å². The van der Waals surface area contributed by atoms with Crippen molar-refractivity contribution in [3.05, 3.63) is 69.5 Å². The van der Waals surface area contributed by atoms with Gasteiger partial charge in [-0.25, -0.2) is 12.8 Å². The van der Waals surface area contributed by atoms with Crippen molar-refractivity contribution in [1.29, 1.82) is 0 Å². The smallest absolute Gasteiger partial charge is 0.270 e. The van der Waals surface area contributed by atoms with E-state index in [1.165, 1.54) is 22.5 Å². The van der Waals surface area contributed by atoms with Crippen molar-refractivity contribution < 1.29 is 22.5 Å². The quantitative estimate of drug-likeness (QED) is 0.516. The van der Waals surface area contributed by atoms with Gasteiger partial charge in [-0.15, -0.1) is 0 Å². The zero-order valence-corrected chi connectivity index (χ0v) is 17.9. The van der Waals surface area contributed by atoms with Crippen molar-refractivity contribution in [3.8, 4) is 0 Å². The van der Waals surface area contributed by atoms with Crippen molar-refractivity contribution in [3.63, 3.8) is 0 Å². The highest BCUT2D eigenvalue weighted by atomic mass is 32.2. The second kappa shape index (κ2) is 9.52. The lowest BCUT2D eigenvalue weighted by Crippen LogP contribution is -2.43. The van der Waals surface area contributed by atoms with Gasteiger partial charge in [-0.3, -0.25) is 14.9 Å². The number of hydrogen-bond acceptors (Lipinski definition) is 5. The van der Waals surface area contributed by atoms with Gasteiger partial charge in [0.15, 0.2) is 0 Å². The highest BCUT2D eigenvalue weighted by molar-refractivity contribution is 7.89. The van der Waals surface area contributed by atoms with E-state index in [2.05, 4.69) is 5.32 Å². The van der Waals surface area contributed by atoms with E-state index in [-0.39, 0.29) is 41.3 Å². The third-order valence-corrected chi connectivity index (χ3v) is 7.52. The van der Waals surface area contributed by atoms with Gasteiger partial charge in [0, 0.05) is 37.7 Å². The number of amides is 1. The van der Waals surface area contributed by atoms with Crippen LogP contribution in [0.2, 0.25) is 0 Å². The van der Waals surface area contributed by atoms with Crippen LogP contribution in [0.15, 0.2) is 47.4 Å². The van der Waals surface area contributed by atoms with E-state index < -0.39 is 14.9 Å². The maximum Gasteiger partial charge on any atom is 0.270 e. The Hall–Kier alpha value is -2.85. The SMILES string of the molecule is Cc1ccc([N+](=O)[O-])cc1S(=O)(=O)N1CCC(C(=O)NCCc2ccccc2F)CC1. The molecule has 0 atom stereocenters. The normalized spacial score (nSPS) is 15.5. The maximum atomic E-state index is 13.6. The molecular weight excluding hydrogens is 425 g/mol. The summed E-state index contributed by atoms with van der Waals surface area (Å²) in [5.41, 5.74) is 0.669. The van der Waals surface area contributed by atoms with Gasteiger partial charge in [0.05, 0.1) is 9.82 Å². The zero-order chi connectivity index (χ0) is 22.6. The predicted octanol–water partition coefficient (Wildman–Crippen LogP) is 2.80. The van der Waals surface area contributed by atoms with Gasteiger partial charge in [0.2, 0.25) is 15.9 Å². The molecule has 1 fully saturated rings. The number of halogens is 1. The van der Waals surface area contributed by atoms with Crippen LogP contribution in [0.3, 0.4) is 0 Å². The number of nitrogens with one attached hydrogen (secondary N) is 1. The Morgan fingerprint density at radius 2 is 1.90 bits per heavy atom. The largest absolute Gasteiger partial charge is 0.356 e. The number of carbonyl (C=O) groups excluding carboxylic acids is 1. The molecule has 2 aromatic rings. The molecule has 0 saturated carbocycles. The fourth-order valence-corrected chi connectivity index (χ4v) is 5.36. The molecule has 0 aromatic heterocycles. The monoisotopic (exact) mass is 449 g/mol. The standard InChI is InChI=1S/C21H24FN3O5S/c1-15-6-7-18(25(27)28)14-20(15)31(29,30)24-12-9-17(10-13-24)21(26)23-11-8-16-4-2-3-5-19(16)22/h2-7,14,17H,8-13H2,1H3,(H,23,26). The minimum atomic E-state index is -3.90. The summed E-state index contributed by atoms with van der Waals surface area (Å²) in [5.74, 6) is -0.829. The molecule has 1 heterocycles. The van der Waals surface area contributed by atoms with Crippen LogP contribution in [0, 0.1) is 28.8 Å². The fraction of sp³-hybridized carbons (Fsp3) is 0.381. The van der Waals surface area contributed by atoms with Crippen LogP contribution >= 0.6 is 0 Å². The average Bonchev–Trinajstić information content (AvgIpc) is 2.75. The van der Waals surface area contributed by atoms with E-state index in [0.717, 1.165) is 6.07 Å². The summed E-state index contributed by atoms with van der Waals surface area (Å²) >= 11 is 0. The maximum absolute atomic E-state index is 13.6. The number of nitro benzene ring substituents is 1. The van der Waals surface area contributed by atoms with Gasteiger partial charge in [-0.05, 0) is 43.4 Å². The number of nitro groups is 1. The van der Waals surface area contributed by atoms with E-state index in [0.29, 0.717) is 36.9 Å². The Kier molecular flexibility index (Phi) is 7.01. The number of aryl methyl sites for hydroxylation is 1. The third-order valence-electron chi connectivity index (χ3n) is 5.48. The molecular formula is C21H24FN3O5S. The first-order chi connectivity index (χ1) is 14.7. The lowest BCUT2D eigenvalue weighted by Gasteiger charge is -2.30. The van der Waals surface area contributed by atoms with Gasteiger partial charge in [-0.2, -0.15) is 4.31 Å². The lowest BCUT2D eigenvalue weighted by molar-refractivity contribution is -0.385. The van der Waals surface area contributed by atoms with Crippen LogP contribution in [0.1, 0.15) is 24.0 Å². The molecule has 10 heteroatoms. The number of carbonyl (C=O) groups is 1. The molecule has 1 saturated heterocycles. The second-order valence-corrected chi connectivity index (χ2v) is 9.42. The molecule has 0 aliphatic carbocycles. The van der Waals surface area contributed by atoms with Crippen molar-refractivity contribution in [2.24, 2.45) is 5.92 Å². The minimum absolute atomic E-state index is 0.0884. The molecule has 1 aliphatic rings. The highest BCUT2D eigenvalue weighted by Crippen LogP contribution is 2.28.